The van der Waals surface area contributed by atoms with Crippen molar-refractivity contribution >= 4 is 16.0 Å². The molecule has 2 unspecified atom stereocenters. The van der Waals surface area contributed by atoms with Gasteiger partial charge >= 0.3 is 5.97 Å². The van der Waals surface area contributed by atoms with Gasteiger partial charge in [-0.1, -0.05) is 56.3 Å². The maximum Gasteiger partial charge on any atom is 0.309 e. The number of carbonyl (C=O) groups excluding carboxylic acids is 1. The topological polar surface area (TPSA) is 104 Å². The predicted molar refractivity (Wildman–Crippen MR) is 157 cm³/mol. The lowest BCUT2D eigenvalue weighted by molar-refractivity contribution is -0.150. The summed E-state index contributed by atoms with van der Waals surface area (Å²) in [4.78, 5) is 13.2. The van der Waals surface area contributed by atoms with Crippen molar-refractivity contribution in [3.8, 4) is 5.75 Å². The van der Waals surface area contributed by atoms with Crippen molar-refractivity contribution in [2.75, 3.05) is 13.2 Å². The molecular formula is C31H42N4O5S. The molecule has 0 aliphatic carbocycles. The number of fused-ring (bicyclic) bond motifs is 1. The van der Waals surface area contributed by atoms with Crippen LogP contribution < -0.4 is 4.74 Å². The molecule has 222 valence electrons. The zero-order chi connectivity index (χ0) is 29.8. The number of nitrogens with zero attached hydrogens (tertiary/aromatic N) is 4. The predicted octanol–water partition coefficient (Wildman–Crippen LogP) is 5.06. The van der Waals surface area contributed by atoms with Crippen LogP contribution in [0.4, 0.5) is 0 Å². The van der Waals surface area contributed by atoms with E-state index in [1.54, 1.807) is 28.9 Å². The highest BCUT2D eigenvalue weighted by Crippen LogP contribution is 2.39. The molecule has 0 bridgehead atoms. The van der Waals surface area contributed by atoms with Crippen LogP contribution in [0.2, 0.25) is 0 Å². The number of para-hydroxylation sites is 1. The van der Waals surface area contributed by atoms with Crippen LogP contribution in [0.15, 0.2) is 53.6 Å². The van der Waals surface area contributed by atoms with Gasteiger partial charge in [0.1, 0.15) is 16.7 Å². The summed E-state index contributed by atoms with van der Waals surface area (Å²) >= 11 is 0. The standard InChI is InChI=1S/C31H42N4O5S/c1-7-27-21-35(41(37,38)29-13-11-10-12-28(29)40-27)19-24-18-25(15-14-22(24)4)31(6,23(5)30(36)39-9-3)17-16-26-20-34(8-2)33-32-26/h10-15,18,20,23,27H,7-9,16-17,19,21H2,1-6H3/t23?,27-,31?/m1/s1. The monoisotopic (exact) mass is 582 g/mol. The number of carbonyl (C=O) groups is 1. The summed E-state index contributed by atoms with van der Waals surface area (Å²) < 4.78 is 42.5. The third-order valence-electron chi connectivity index (χ3n) is 8.38. The molecular weight excluding hydrogens is 540 g/mol. The fourth-order valence-electron chi connectivity index (χ4n) is 5.32. The zero-order valence-corrected chi connectivity index (χ0v) is 25.8. The van der Waals surface area contributed by atoms with Gasteiger partial charge < -0.3 is 9.47 Å². The minimum atomic E-state index is -3.79. The van der Waals surface area contributed by atoms with E-state index >= 15 is 0 Å². The molecule has 0 saturated carbocycles. The van der Waals surface area contributed by atoms with Gasteiger partial charge in [-0.15, -0.1) is 5.10 Å². The van der Waals surface area contributed by atoms with Gasteiger partial charge in [0, 0.05) is 24.7 Å². The van der Waals surface area contributed by atoms with Gasteiger partial charge in [0.2, 0.25) is 10.0 Å². The van der Waals surface area contributed by atoms with Crippen molar-refractivity contribution in [3.05, 3.63) is 71.0 Å². The zero-order valence-electron chi connectivity index (χ0n) is 25.0. The maximum absolute atomic E-state index is 13.8. The van der Waals surface area contributed by atoms with E-state index in [1.807, 2.05) is 52.9 Å². The van der Waals surface area contributed by atoms with Gasteiger partial charge in [0.05, 0.1) is 24.8 Å². The first kappa shape index (κ1) is 30.7. The Morgan fingerprint density at radius 3 is 2.63 bits per heavy atom. The lowest BCUT2D eigenvalue weighted by Crippen LogP contribution is -2.38. The summed E-state index contributed by atoms with van der Waals surface area (Å²) in [6, 6.07) is 12.9. The second kappa shape index (κ2) is 12.7. The molecule has 0 amide bonds. The van der Waals surface area contributed by atoms with Crippen LogP contribution in [0, 0.1) is 12.8 Å². The number of aromatic nitrogens is 3. The van der Waals surface area contributed by atoms with E-state index in [1.165, 1.54) is 4.31 Å². The van der Waals surface area contributed by atoms with E-state index in [4.69, 9.17) is 9.47 Å². The van der Waals surface area contributed by atoms with Gasteiger partial charge in [-0.25, -0.2) is 8.42 Å². The Labute approximate surface area is 243 Å². The Hall–Kier alpha value is -3.24. The van der Waals surface area contributed by atoms with Crippen LogP contribution in [0.1, 0.15) is 69.8 Å². The lowest BCUT2D eigenvalue weighted by atomic mass is 9.69. The molecule has 9 nitrogen and oxygen atoms in total. The smallest absolute Gasteiger partial charge is 0.309 e. The second-order valence-electron chi connectivity index (χ2n) is 11.0. The normalized spacial score (nSPS) is 18.9. The molecule has 1 aliphatic heterocycles. The molecule has 0 N–H and O–H groups in total. The molecule has 1 aliphatic rings. The van der Waals surface area contributed by atoms with E-state index < -0.39 is 21.4 Å². The Balaban J connectivity index is 1.71. The Bertz CT molecular complexity index is 1470. The highest BCUT2D eigenvalue weighted by atomic mass is 32.2. The number of esters is 1. The van der Waals surface area contributed by atoms with Crippen LogP contribution in [-0.4, -0.2) is 52.9 Å². The fraction of sp³-hybridized carbons (Fsp3) is 0.516. The van der Waals surface area contributed by atoms with Gasteiger partial charge in [0.25, 0.3) is 0 Å². The summed E-state index contributed by atoms with van der Waals surface area (Å²) in [5, 5.41) is 8.46. The number of rotatable bonds is 11. The van der Waals surface area contributed by atoms with E-state index in [9.17, 15) is 13.2 Å². The molecule has 41 heavy (non-hydrogen) atoms. The van der Waals surface area contributed by atoms with Crippen molar-refractivity contribution in [2.45, 2.75) is 90.3 Å². The third-order valence-corrected chi connectivity index (χ3v) is 10.2. The second-order valence-corrected chi connectivity index (χ2v) is 12.9. The Morgan fingerprint density at radius 2 is 1.95 bits per heavy atom. The number of hydrogen-bond donors (Lipinski definition) is 0. The van der Waals surface area contributed by atoms with E-state index in [-0.39, 0.29) is 30.1 Å². The number of hydrogen-bond acceptors (Lipinski definition) is 7. The number of sulfonamides is 1. The van der Waals surface area contributed by atoms with Crippen LogP contribution in [0.25, 0.3) is 0 Å². The first-order valence-corrected chi connectivity index (χ1v) is 15.9. The average Bonchev–Trinajstić information content (AvgIpc) is 3.40. The van der Waals surface area contributed by atoms with E-state index in [0.29, 0.717) is 31.6 Å². The summed E-state index contributed by atoms with van der Waals surface area (Å²) in [6.45, 7) is 13.3. The van der Waals surface area contributed by atoms with Crippen LogP contribution in [-0.2, 0) is 44.5 Å². The van der Waals surface area contributed by atoms with E-state index in [0.717, 1.165) is 28.9 Å². The highest BCUT2D eigenvalue weighted by Gasteiger charge is 2.39. The Morgan fingerprint density at radius 1 is 1.20 bits per heavy atom. The molecule has 0 fully saturated rings. The van der Waals surface area contributed by atoms with E-state index in [2.05, 4.69) is 23.3 Å². The summed E-state index contributed by atoms with van der Waals surface area (Å²) in [5.74, 6) is -0.307. The quantitative estimate of drug-likeness (QED) is 0.291. The molecule has 2 heterocycles. The van der Waals surface area contributed by atoms with Crippen molar-refractivity contribution in [3.63, 3.8) is 0 Å². The summed E-state index contributed by atoms with van der Waals surface area (Å²) in [7, 11) is -3.79. The van der Waals surface area contributed by atoms with Crippen molar-refractivity contribution < 1.29 is 22.7 Å². The largest absolute Gasteiger partial charge is 0.488 e. The molecule has 2 aromatic carbocycles. The minimum Gasteiger partial charge on any atom is -0.488 e. The number of benzene rings is 2. The number of aryl methyl sites for hydroxylation is 3. The molecule has 10 heteroatoms. The van der Waals surface area contributed by atoms with Crippen molar-refractivity contribution in [1.82, 2.24) is 19.3 Å². The lowest BCUT2D eigenvalue weighted by Gasteiger charge is -2.36. The van der Waals surface area contributed by atoms with Crippen molar-refractivity contribution in [2.24, 2.45) is 5.92 Å². The fourth-order valence-corrected chi connectivity index (χ4v) is 6.90. The molecule has 3 aromatic rings. The molecule has 0 saturated heterocycles. The van der Waals surface area contributed by atoms with Crippen molar-refractivity contribution in [1.29, 1.82) is 0 Å². The van der Waals surface area contributed by atoms with Crippen LogP contribution >= 0.6 is 0 Å². The SMILES string of the molecule is CCOC(=O)C(C)C(C)(CCc1cn(CC)nn1)c1ccc(C)c(CN2C[C@@H](CC)Oc3ccccc3S2(=O)=O)c1. The Kier molecular flexibility index (Phi) is 9.54. The highest BCUT2D eigenvalue weighted by molar-refractivity contribution is 7.89. The average molecular weight is 583 g/mol. The molecule has 0 spiro atoms. The molecule has 3 atom stereocenters. The van der Waals surface area contributed by atoms with Crippen LogP contribution in [0.5, 0.6) is 5.75 Å². The molecule has 1 aromatic heterocycles. The maximum atomic E-state index is 13.8. The molecule has 4 rings (SSSR count). The van der Waals surface area contributed by atoms with Gasteiger partial charge in [-0.05, 0) is 68.9 Å². The minimum absolute atomic E-state index is 0.186. The van der Waals surface area contributed by atoms with Crippen LogP contribution in [0.3, 0.4) is 0 Å². The van der Waals surface area contributed by atoms with Gasteiger partial charge in [0.15, 0.2) is 0 Å². The van der Waals surface area contributed by atoms with Gasteiger partial charge in [-0.2, -0.15) is 4.31 Å². The summed E-state index contributed by atoms with van der Waals surface area (Å²) in [5.41, 5.74) is 3.09. The third kappa shape index (κ3) is 6.48. The molecule has 0 radical (unpaired) electrons. The van der Waals surface area contributed by atoms with Gasteiger partial charge in [-0.3, -0.25) is 9.48 Å². The first-order chi connectivity index (χ1) is 19.5. The number of ether oxygens (including phenoxy) is 2. The summed E-state index contributed by atoms with van der Waals surface area (Å²) in [6.07, 6.45) is 3.62. The first-order valence-electron chi connectivity index (χ1n) is 14.4.